The molecule has 1 amide bonds. The van der Waals surface area contributed by atoms with Crippen LogP contribution in [0.25, 0.3) is 0 Å². The molecule has 1 saturated heterocycles. The summed E-state index contributed by atoms with van der Waals surface area (Å²) >= 11 is 0. The third kappa shape index (κ3) is 3.08. The molecule has 1 aliphatic rings. The normalized spacial score (nSPS) is 21.8. The molecule has 20 heavy (non-hydrogen) atoms. The van der Waals surface area contributed by atoms with Crippen molar-refractivity contribution < 1.29 is 24.5 Å². The van der Waals surface area contributed by atoms with Crippen molar-refractivity contribution in [3.63, 3.8) is 0 Å². The molecule has 1 fully saturated rings. The molecule has 2 N–H and O–H groups in total. The van der Waals surface area contributed by atoms with Crippen LogP contribution < -0.4 is 4.74 Å². The number of aliphatic hydroxyl groups is 1. The number of benzene rings is 1. The van der Waals surface area contributed by atoms with Crippen LogP contribution in [0.4, 0.5) is 0 Å². The van der Waals surface area contributed by atoms with E-state index in [0.29, 0.717) is 5.75 Å². The van der Waals surface area contributed by atoms with Crippen molar-refractivity contribution in [2.45, 2.75) is 25.0 Å². The van der Waals surface area contributed by atoms with E-state index in [2.05, 4.69) is 0 Å². The molecule has 6 nitrogen and oxygen atoms in total. The molecule has 0 saturated carbocycles. The second-order valence-corrected chi connectivity index (χ2v) is 4.81. The molecule has 1 aromatic rings. The van der Waals surface area contributed by atoms with Crippen molar-refractivity contribution in [2.75, 3.05) is 13.7 Å². The summed E-state index contributed by atoms with van der Waals surface area (Å²) in [5.41, 5.74) is 0.779. The molecule has 2 unspecified atom stereocenters. The summed E-state index contributed by atoms with van der Waals surface area (Å²) in [6, 6.07) is 6.08. The lowest BCUT2D eigenvalue weighted by Gasteiger charge is -2.21. The van der Waals surface area contributed by atoms with Crippen LogP contribution in [-0.4, -0.2) is 52.8 Å². The summed E-state index contributed by atoms with van der Waals surface area (Å²) < 4.78 is 5.03. The third-order valence-electron chi connectivity index (χ3n) is 3.40. The monoisotopic (exact) mass is 279 g/mol. The van der Waals surface area contributed by atoms with Gasteiger partial charge in [0.25, 0.3) is 0 Å². The Morgan fingerprint density at radius 1 is 1.35 bits per heavy atom. The Balaban J connectivity index is 2.04. The van der Waals surface area contributed by atoms with Gasteiger partial charge >= 0.3 is 5.97 Å². The second kappa shape index (κ2) is 5.92. The number of aliphatic hydroxyl groups excluding tert-OH is 1. The van der Waals surface area contributed by atoms with Gasteiger partial charge in [0.1, 0.15) is 11.8 Å². The first-order valence-electron chi connectivity index (χ1n) is 6.34. The van der Waals surface area contributed by atoms with Crippen LogP contribution in [0.5, 0.6) is 5.75 Å². The number of β-amino-alcohol motifs (C(OH)–C–C–N with tert-alkyl or cyclic N) is 1. The van der Waals surface area contributed by atoms with Crippen molar-refractivity contribution in [1.82, 2.24) is 4.90 Å². The number of likely N-dealkylation sites (tertiary alicyclic amines) is 1. The number of carbonyl (C=O) groups excluding carboxylic acids is 1. The van der Waals surface area contributed by atoms with Gasteiger partial charge in [-0.25, -0.2) is 4.79 Å². The van der Waals surface area contributed by atoms with Crippen LogP contribution in [-0.2, 0) is 16.0 Å². The maximum absolute atomic E-state index is 12.1. The molecule has 2 atom stereocenters. The van der Waals surface area contributed by atoms with Gasteiger partial charge < -0.3 is 19.8 Å². The first kappa shape index (κ1) is 14.3. The Bertz CT molecular complexity index is 499. The molecule has 0 radical (unpaired) electrons. The molecule has 0 aliphatic carbocycles. The summed E-state index contributed by atoms with van der Waals surface area (Å²) in [6.45, 7) is 0.0754. The number of carbonyl (C=O) groups is 2. The van der Waals surface area contributed by atoms with Gasteiger partial charge in [0.2, 0.25) is 5.91 Å². The SMILES string of the molecule is COc1ccc(CC(=O)N2CC(O)CC2C(=O)O)cc1. The fraction of sp³-hybridized carbons (Fsp3) is 0.429. The highest BCUT2D eigenvalue weighted by atomic mass is 16.5. The van der Waals surface area contributed by atoms with Gasteiger partial charge in [0.15, 0.2) is 0 Å². The van der Waals surface area contributed by atoms with Gasteiger partial charge in [-0.15, -0.1) is 0 Å². The lowest BCUT2D eigenvalue weighted by molar-refractivity contribution is -0.148. The number of ether oxygens (including phenoxy) is 1. The van der Waals surface area contributed by atoms with E-state index >= 15 is 0 Å². The lowest BCUT2D eigenvalue weighted by Crippen LogP contribution is -2.41. The van der Waals surface area contributed by atoms with Crippen molar-refractivity contribution in [3.05, 3.63) is 29.8 Å². The molecule has 1 aliphatic heterocycles. The fourth-order valence-electron chi connectivity index (χ4n) is 2.34. The number of amides is 1. The summed E-state index contributed by atoms with van der Waals surface area (Å²) in [4.78, 5) is 24.5. The quantitative estimate of drug-likeness (QED) is 0.827. The molecular weight excluding hydrogens is 262 g/mol. The van der Waals surface area contributed by atoms with Crippen LogP contribution in [0.2, 0.25) is 0 Å². The van der Waals surface area contributed by atoms with Gasteiger partial charge in [-0.05, 0) is 17.7 Å². The van der Waals surface area contributed by atoms with Crippen LogP contribution in [0, 0.1) is 0 Å². The van der Waals surface area contributed by atoms with Gasteiger partial charge in [-0.2, -0.15) is 0 Å². The smallest absolute Gasteiger partial charge is 0.326 e. The molecule has 108 valence electrons. The molecular formula is C14H17NO5. The van der Waals surface area contributed by atoms with Gasteiger partial charge in [-0.1, -0.05) is 12.1 Å². The van der Waals surface area contributed by atoms with E-state index in [1.807, 2.05) is 0 Å². The Kier molecular flexibility index (Phi) is 4.24. The Morgan fingerprint density at radius 3 is 2.55 bits per heavy atom. The topological polar surface area (TPSA) is 87.1 Å². The van der Waals surface area contributed by atoms with Crippen molar-refractivity contribution in [3.8, 4) is 5.75 Å². The number of carboxylic acids is 1. The highest BCUT2D eigenvalue weighted by Gasteiger charge is 2.38. The predicted molar refractivity (Wildman–Crippen MR) is 70.5 cm³/mol. The minimum Gasteiger partial charge on any atom is -0.497 e. The number of nitrogens with zero attached hydrogens (tertiary/aromatic N) is 1. The van der Waals surface area contributed by atoms with Crippen LogP contribution in [0.3, 0.4) is 0 Å². The average molecular weight is 279 g/mol. The highest BCUT2D eigenvalue weighted by Crippen LogP contribution is 2.20. The van der Waals surface area contributed by atoms with E-state index in [4.69, 9.17) is 9.84 Å². The first-order chi connectivity index (χ1) is 9.51. The van der Waals surface area contributed by atoms with Crippen LogP contribution in [0.15, 0.2) is 24.3 Å². The Hall–Kier alpha value is -2.08. The van der Waals surface area contributed by atoms with Crippen molar-refractivity contribution >= 4 is 11.9 Å². The number of hydrogen-bond donors (Lipinski definition) is 2. The molecule has 2 rings (SSSR count). The fourth-order valence-corrected chi connectivity index (χ4v) is 2.34. The lowest BCUT2D eigenvalue weighted by atomic mass is 10.1. The maximum atomic E-state index is 12.1. The minimum atomic E-state index is -1.08. The van der Waals surface area contributed by atoms with Gasteiger partial charge in [0.05, 0.1) is 19.6 Å². The molecule has 1 heterocycles. The second-order valence-electron chi connectivity index (χ2n) is 4.81. The number of hydrogen-bond acceptors (Lipinski definition) is 4. The number of aliphatic carboxylic acids is 1. The zero-order valence-electron chi connectivity index (χ0n) is 11.2. The van der Waals surface area contributed by atoms with Gasteiger partial charge in [-0.3, -0.25) is 4.79 Å². The van der Waals surface area contributed by atoms with E-state index in [-0.39, 0.29) is 25.3 Å². The maximum Gasteiger partial charge on any atom is 0.326 e. The Labute approximate surface area is 116 Å². The molecule has 1 aromatic carbocycles. The van der Waals surface area contributed by atoms with Gasteiger partial charge in [0, 0.05) is 13.0 Å². The van der Waals surface area contributed by atoms with E-state index in [1.165, 1.54) is 4.90 Å². The first-order valence-corrected chi connectivity index (χ1v) is 6.34. The van der Waals surface area contributed by atoms with E-state index < -0.39 is 18.1 Å². The molecule has 0 aromatic heterocycles. The number of carboxylic acid groups (broad SMARTS) is 1. The summed E-state index contributed by atoms with van der Waals surface area (Å²) in [6.07, 6.45) is -0.569. The standard InChI is InChI=1S/C14H17NO5/c1-20-11-4-2-9(3-5-11)6-13(17)15-8-10(16)7-12(15)14(18)19/h2-5,10,12,16H,6-8H2,1H3,(H,18,19). The van der Waals surface area contributed by atoms with Crippen LogP contribution >= 0.6 is 0 Å². The zero-order chi connectivity index (χ0) is 14.7. The zero-order valence-corrected chi connectivity index (χ0v) is 11.2. The minimum absolute atomic E-state index is 0.0754. The molecule has 0 bridgehead atoms. The van der Waals surface area contributed by atoms with E-state index in [0.717, 1.165) is 5.56 Å². The van der Waals surface area contributed by atoms with Crippen molar-refractivity contribution in [1.29, 1.82) is 0 Å². The molecule has 6 heteroatoms. The number of methoxy groups -OCH3 is 1. The summed E-state index contributed by atoms with van der Waals surface area (Å²) in [5.74, 6) is -0.676. The number of rotatable bonds is 4. The van der Waals surface area contributed by atoms with E-state index in [1.54, 1.807) is 31.4 Å². The summed E-state index contributed by atoms with van der Waals surface area (Å²) in [5, 5.41) is 18.6. The van der Waals surface area contributed by atoms with Crippen molar-refractivity contribution in [2.24, 2.45) is 0 Å². The molecule has 0 spiro atoms. The summed E-state index contributed by atoms with van der Waals surface area (Å²) in [7, 11) is 1.56. The Morgan fingerprint density at radius 2 is 2.00 bits per heavy atom. The van der Waals surface area contributed by atoms with Crippen LogP contribution in [0.1, 0.15) is 12.0 Å². The highest BCUT2D eigenvalue weighted by molar-refractivity contribution is 5.85. The predicted octanol–water partition coefficient (Wildman–Crippen LogP) is 0.284. The van der Waals surface area contributed by atoms with E-state index in [9.17, 15) is 14.7 Å². The average Bonchev–Trinajstić information content (AvgIpc) is 2.82. The largest absolute Gasteiger partial charge is 0.497 e. The third-order valence-corrected chi connectivity index (χ3v) is 3.40.